The third-order valence-electron chi connectivity index (χ3n) is 2.67. The first-order valence-electron chi connectivity index (χ1n) is 5.29. The van der Waals surface area contributed by atoms with Crippen LogP contribution in [0, 0.1) is 0 Å². The minimum absolute atomic E-state index is 0.178. The number of hydrogen-bond acceptors (Lipinski definition) is 0. The van der Waals surface area contributed by atoms with Crippen molar-refractivity contribution in [1.82, 2.24) is 0 Å². The molecule has 0 aromatic rings. The first-order chi connectivity index (χ1) is 6.91. The van der Waals surface area contributed by atoms with Crippen molar-refractivity contribution >= 4 is 0 Å². The van der Waals surface area contributed by atoms with Gasteiger partial charge in [0.05, 0.1) is 0 Å². The Hall–Kier alpha value is -0.546. The predicted molar refractivity (Wildman–Crippen MR) is 62.5 cm³/mol. The quantitative estimate of drug-likeness (QED) is 0.630. The molecule has 0 radical (unpaired) electrons. The summed E-state index contributed by atoms with van der Waals surface area (Å²) in [5.41, 5.74) is 2.75. The van der Waals surface area contributed by atoms with E-state index >= 15 is 0 Å². The second-order valence-corrected chi connectivity index (χ2v) is 7.07. The zero-order valence-electron chi connectivity index (χ0n) is 9.78. The molecular weight excluding hydrogens is 227 g/mol. The molecule has 0 nitrogen and oxygen atoms in total. The minimum atomic E-state index is 0.178. The third kappa shape index (κ3) is 2.34. The number of rotatable bonds is 2. The van der Waals surface area contributed by atoms with Gasteiger partial charge < -0.3 is 0 Å². The van der Waals surface area contributed by atoms with Gasteiger partial charge in [-0.2, -0.15) is 0 Å². The number of allylic oxidation sites excluding steroid dienone is 8. The van der Waals surface area contributed by atoms with Crippen molar-refractivity contribution < 1.29 is 14.4 Å². The van der Waals surface area contributed by atoms with Crippen LogP contribution in [0.25, 0.3) is 0 Å². The van der Waals surface area contributed by atoms with Crippen LogP contribution in [-0.4, -0.2) is 0 Å². The average molecular weight is 245 g/mol. The summed E-state index contributed by atoms with van der Waals surface area (Å²) in [7, 11) is 0. The van der Waals surface area contributed by atoms with Crippen LogP contribution in [0.5, 0.6) is 0 Å². The molecule has 2 aliphatic carbocycles. The molecule has 0 saturated carbocycles. The van der Waals surface area contributed by atoms with Crippen molar-refractivity contribution in [3.63, 3.8) is 0 Å². The van der Waals surface area contributed by atoms with E-state index in [2.05, 4.69) is 64.2 Å². The maximum absolute atomic E-state index is 2.35. The molecule has 2 unspecified atom stereocenters. The maximum atomic E-state index is 2.35. The molecular formula is C14H18Ni. The SMILES string of the molecule is CC1=C[C](C)([Ni][C]2(C)C=CC(C)=C2)C=C1. The fourth-order valence-corrected chi connectivity index (χ4v) is 4.17. The van der Waals surface area contributed by atoms with E-state index in [0.717, 1.165) is 0 Å². The molecule has 2 rings (SSSR count). The van der Waals surface area contributed by atoms with Crippen LogP contribution in [0.2, 0.25) is 8.77 Å². The molecule has 1 heteroatoms. The normalized spacial score (nSPS) is 38.7. The van der Waals surface area contributed by atoms with Gasteiger partial charge in [0.15, 0.2) is 0 Å². The summed E-state index contributed by atoms with van der Waals surface area (Å²) in [5.74, 6) is 0. The monoisotopic (exact) mass is 244 g/mol. The van der Waals surface area contributed by atoms with Crippen LogP contribution in [-0.2, 0) is 14.4 Å². The van der Waals surface area contributed by atoms with E-state index in [1.54, 1.807) is 14.4 Å². The molecule has 0 aliphatic heterocycles. The van der Waals surface area contributed by atoms with Gasteiger partial charge in [-0.15, -0.1) is 0 Å². The van der Waals surface area contributed by atoms with Crippen LogP contribution in [0.1, 0.15) is 27.7 Å². The Bertz CT molecular complexity index is 360. The van der Waals surface area contributed by atoms with Gasteiger partial charge in [-0.25, -0.2) is 0 Å². The van der Waals surface area contributed by atoms with E-state index in [1.807, 2.05) is 0 Å². The van der Waals surface area contributed by atoms with E-state index in [4.69, 9.17) is 0 Å². The van der Waals surface area contributed by atoms with Crippen molar-refractivity contribution in [3.8, 4) is 0 Å². The molecule has 0 N–H and O–H groups in total. The second-order valence-electron chi connectivity index (χ2n) is 4.69. The number of hydrogen-bond donors (Lipinski definition) is 0. The van der Waals surface area contributed by atoms with Crippen LogP contribution in [0.3, 0.4) is 0 Å². The molecule has 0 saturated heterocycles. The van der Waals surface area contributed by atoms with Crippen molar-refractivity contribution in [2.45, 2.75) is 36.5 Å². The fourth-order valence-electron chi connectivity index (χ4n) is 2.10. The summed E-state index contributed by atoms with van der Waals surface area (Å²) in [4.78, 5) is 0. The van der Waals surface area contributed by atoms with Gasteiger partial charge in [-0.1, -0.05) is 0 Å². The zero-order chi connectivity index (χ0) is 11.1. The summed E-state index contributed by atoms with van der Waals surface area (Å²) in [6.07, 6.45) is 13.8. The van der Waals surface area contributed by atoms with Crippen LogP contribution in [0.15, 0.2) is 47.6 Å². The van der Waals surface area contributed by atoms with E-state index in [0.29, 0.717) is 0 Å². The second kappa shape index (κ2) is 3.49. The molecule has 0 spiro atoms. The van der Waals surface area contributed by atoms with Crippen LogP contribution < -0.4 is 0 Å². The van der Waals surface area contributed by atoms with E-state index in [9.17, 15) is 0 Å². The Kier molecular flexibility index (Phi) is 2.55. The Morgan fingerprint density at radius 1 is 0.867 bits per heavy atom. The molecule has 0 fully saturated rings. The van der Waals surface area contributed by atoms with Gasteiger partial charge in [0, 0.05) is 0 Å². The van der Waals surface area contributed by atoms with Crippen molar-refractivity contribution in [2.24, 2.45) is 0 Å². The first kappa shape index (κ1) is 11.0. The van der Waals surface area contributed by atoms with Crippen molar-refractivity contribution in [1.29, 1.82) is 0 Å². The molecule has 0 bridgehead atoms. The van der Waals surface area contributed by atoms with E-state index < -0.39 is 0 Å². The van der Waals surface area contributed by atoms with Gasteiger partial charge in [-0.05, 0) is 0 Å². The van der Waals surface area contributed by atoms with Crippen LogP contribution >= 0.6 is 0 Å². The molecule has 0 aromatic heterocycles. The summed E-state index contributed by atoms with van der Waals surface area (Å²) >= 11 is 1.79. The van der Waals surface area contributed by atoms with E-state index in [-0.39, 0.29) is 8.77 Å². The van der Waals surface area contributed by atoms with Gasteiger partial charge in [0.2, 0.25) is 0 Å². The fraction of sp³-hybridized carbons (Fsp3) is 0.429. The van der Waals surface area contributed by atoms with Crippen molar-refractivity contribution in [2.75, 3.05) is 0 Å². The molecule has 2 atom stereocenters. The first-order valence-corrected chi connectivity index (χ1v) is 6.28. The zero-order valence-corrected chi connectivity index (χ0v) is 10.8. The average Bonchev–Trinajstić information content (AvgIpc) is 2.57. The third-order valence-corrected chi connectivity index (χ3v) is 4.34. The van der Waals surface area contributed by atoms with Gasteiger partial charge in [-0.3, -0.25) is 0 Å². The van der Waals surface area contributed by atoms with Gasteiger partial charge in [0.1, 0.15) is 0 Å². The van der Waals surface area contributed by atoms with Gasteiger partial charge >= 0.3 is 98.5 Å². The molecule has 0 heterocycles. The standard InChI is InChI=1S/2C7H9.Ni/c2*1-6-3-4-7(2)5-6;/h2*3-5H,1-2H3;. The van der Waals surface area contributed by atoms with E-state index in [1.165, 1.54) is 11.1 Å². The van der Waals surface area contributed by atoms with Gasteiger partial charge in [0.25, 0.3) is 0 Å². The molecule has 15 heavy (non-hydrogen) atoms. The topological polar surface area (TPSA) is 0 Å². The molecule has 0 amide bonds. The summed E-state index contributed by atoms with van der Waals surface area (Å²) in [6.45, 7) is 8.92. The molecule has 84 valence electrons. The molecule has 0 aromatic carbocycles. The van der Waals surface area contributed by atoms with Crippen LogP contribution in [0.4, 0.5) is 0 Å². The predicted octanol–water partition coefficient (Wildman–Crippen LogP) is 4.46. The summed E-state index contributed by atoms with van der Waals surface area (Å²) < 4.78 is 0.356. The summed E-state index contributed by atoms with van der Waals surface area (Å²) in [6, 6.07) is 0. The molecule has 2 aliphatic rings. The summed E-state index contributed by atoms with van der Waals surface area (Å²) in [5, 5.41) is 0. The Labute approximate surface area is 98.6 Å². The van der Waals surface area contributed by atoms with Crippen molar-refractivity contribution in [3.05, 3.63) is 47.6 Å². The Morgan fingerprint density at radius 3 is 1.53 bits per heavy atom. The Balaban J connectivity index is 2.18. The Morgan fingerprint density at radius 2 is 1.27 bits per heavy atom.